The molecular weight excluding hydrogens is 370 g/mol. The number of benzene rings is 2. The Bertz CT molecular complexity index is 1130. The molecule has 0 spiro atoms. The minimum absolute atomic E-state index is 0.408. The second-order valence-electron chi connectivity index (χ2n) is 9.98. The zero-order valence-electron chi connectivity index (χ0n) is 17.1. The number of aliphatic carboxylic acids is 1. The van der Waals surface area contributed by atoms with Gasteiger partial charge in [-0.05, 0) is 109 Å². The molecule has 2 aromatic carbocycles. The summed E-state index contributed by atoms with van der Waals surface area (Å²) in [5.74, 6) is 1.92. The van der Waals surface area contributed by atoms with Crippen LogP contribution in [-0.4, -0.2) is 16.1 Å². The van der Waals surface area contributed by atoms with E-state index in [1.807, 2.05) is 18.2 Å². The number of aromatic amines is 1. The molecule has 7 rings (SSSR count). The van der Waals surface area contributed by atoms with E-state index in [9.17, 15) is 4.79 Å². The Hall–Kier alpha value is -2.81. The Kier molecular flexibility index (Phi) is 3.96. The van der Waals surface area contributed by atoms with Gasteiger partial charge in [0.1, 0.15) is 0 Å². The lowest BCUT2D eigenvalue weighted by Gasteiger charge is -2.57. The number of aromatic nitrogens is 1. The van der Waals surface area contributed by atoms with Crippen molar-refractivity contribution >= 4 is 22.9 Å². The first-order valence-electron chi connectivity index (χ1n) is 11.2. The SMILES string of the molecule is O=C(O)/C=C/c1ccc2[nH]c(-c3cccc(C45CC6CC(CC(C6)C4)C5)c3)cc2c1. The molecule has 30 heavy (non-hydrogen) atoms. The monoisotopic (exact) mass is 397 g/mol. The maximum atomic E-state index is 10.8. The van der Waals surface area contributed by atoms with Gasteiger partial charge in [-0.1, -0.05) is 24.3 Å². The topological polar surface area (TPSA) is 53.1 Å². The van der Waals surface area contributed by atoms with E-state index in [0.29, 0.717) is 5.41 Å². The Labute approximate surface area is 176 Å². The minimum Gasteiger partial charge on any atom is -0.478 e. The fraction of sp³-hybridized carbons (Fsp3) is 0.370. The minimum atomic E-state index is -0.925. The molecule has 2 N–H and O–H groups in total. The molecule has 4 saturated carbocycles. The number of nitrogens with one attached hydrogen (secondary N) is 1. The van der Waals surface area contributed by atoms with Gasteiger partial charge in [-0.2, -0.15) is 0 Å². The van der Waals surface area contributed by atoms with Crippen LogP contribution in [-0.2, 0) is 10.2 Å². The van der Waals surface area contributed by atoms with Crippen LogP contribution in [0, 0.1) is 17.8 Å². The van der Waals surface area contributed by atoms with E-state index in [1.165, 1.54) is 50.2 Å². The van der Waals surface area contributed by atoms with Crippen molar-refractivity contribution in [3.8, 4) is 11.3 Å². The van der Waals surface area contributed by atoms with Gasteiger partial charge in [-0.25, -0.2) is 4.79 Å². The number of carboxylic acid groups (broad SMARTS) is 1. The van der Waals surface area contributed by atoms with Gasteiger partial charge in [0.25, 0.3) is 0 Å². The van der Waals surface area contributed by atoms with Crippen molar-refractivity contribution in [2.24, 2.45) is 17.8 Å². The second-order valence-corrected chi connectivity index (χ2v) is 9.98. The molecule has 4 bridgehead atoms. The molecule has 4 aliphatic carbocycles. The molecule has 0 saturated heterocycles. The zero-order chi connectivity index (χ0) is 20.3. The van der Waals surface area contributed by atoms with Gasteiger partial charge in [-0.3, -0.25) is 0 Å². The average molecular weight is 398 g/mol. The standard InChI is InChI=1S/C27H27NO2/c29-26(30)7-5-17-4-6-24-22(11-17)13-25(28-24)21-2-1-3-23(12-21)27-14-18-8-19(15-27)10-20(9-18)16-27/h1-7,11-13,18-20,28H,8-10,14-16H2,(H,29,30)/b7-5+. The Balaban J connectivity index is 1.35. The summed E-state index contributed by atoms with van der Waals surface area (Å²) in [6.45, 7) is 0. The molecule has 4 fully saturated rings. The lowest BCUT2D eigenvalue weighted by molar-refractivity contribution is -0.131. The lowest BCUT2D eigenvalue weighted by atomic mass is 9.48. The van der Waals surface area contributed by atoms with Crippen LogP contribution in [0.5, 0.6) is 0 Å². The summed E-state index contributed by atoms with van der Waals surface area (Å²) in [6.07, 6.45) is 11.4. The van der Waals surface area contributed by atoms with Crippen LogP contribution in [0.3, 0.4) is 0 Å². The molecule has 0 atom stereocenters. The van der Waals surface area contributed by atoms with Gasteiger partial charge < -0.3 is 10.1 Å². The number of fused-ring (bicyclic) bond motifs is 1. The fourth-order valence-corrected chi connectivity index (χ4v) is 7.06. The van der Waals surface area contributed by atoms with Crippen LogP contribution in [0.2, 0.25) is 0 Å². The van der Waals surface area contributed by atoms with Gasteiger partial charge >= 0.3 is 5.97 Å². The number of rotatable bonds is 4. The zero-order valence-corrected chi connectivity index (χ0v) is 17.1. The summed E-state index contributed by atoms with van der Waals surface area (Å²) in [6, 6.07) is 17.5. The maximum absolute atomic E-state index is 10.8. The molecule has 0 aliphatic heterocycles. The summed E-state index contributed by atoms with van der Waals surface area (Å²) >= 11 is 0. The Morgan fingerprint density at radius 3 is 2.40 bits per heavy atom. The molecule has 1 aromatic heterocycles. The van der Waals surface area contributed by atoms with Crippen LogP contribution < -0.4 is 0 Å². The van der Waals surface area contributed by atoms with Gasteiger partial charge in [-0.15, -0.1) is 0 Å². The van der Waals surface area contributed by atoms with Crippen LogP contribution in [0.1, 0.15) is 49.7 Å². The molecular formula is C27H27NO2. The molecule has 1 heterocycles. The predicted octanol–water partition coefficient (Wildman–Crippen LogP) is 6.40. The van der Waals surface area contributed by atoms with E-state index in [0.717, 1.165) is 39.9 Å². The molecule has 4 aliphatic rings. The van der Waals surface area contributed by atoms with Crippen molar-refractivity contribution in [1.82, 2.24) is 4.98 Å². The van der Waals surface area contributed by atoms with E-state index in [-0.39, 0.29) is 0 Å². The molecule has 3 aromatic rings. The predicted molar refractivity (Wildman–Crippen MR) is 120 cm³/mol. The maximum Gasteiger partial charge on any atom is 0.328 e. The Morgan fingerprint density at radius 2 is 1.70 bits per heavy atom. The van der Waals surface area contributed by atoms with Crippen molar-refractivity contribution in [1.29, 1.82) is 0 Å². The number of hydrogen-bond donors (Lipinski definition) is 2. The highest BCUT2D eigenvalue weighted by Gasteiger charge is 2.51. The highest BCUT2D eigenvalue weighted by atomic mass is 16.4. The molecule has 152 valence electrons. The normalized spacial score (nSPS) is 29.8. The van der Waals surface area contributed by atoms with E-state index in [4.69, 9.17) is 5.11 Å². The smallest absolute Gasteiger partial charge is 0.328 e. The van der Waals surface area contributed by atoms with E-state index >= 15 is 0 Å². The first-order valence-corrected chi connectivity index (χ1v) is 11.2. The number of carboxylic acids is 1. The first-order chi connectivity index (χ1) is 14.6. The summed E-state index contributed by atoms with van der Waals surface area (Å²) in [5.41, 5.74) is 6.32. The van der Waals surface area contributed by atoms with Gasteiger partial charge in [0.05, 0.1) is 0 Å². The Morgan fingerprint density at radius 1 is 0.967 bits per heavy atom. The fourth-order valence-electron chi connectivity index (χ4n) is 7.06. The second kappa shape index (κ2) is 6.60. The molecule has 0 amide bonds. The first kappa shape index (κ1) is 18.0. The van der Waals surface area contributed by atoms with Gasteiger partial charge in [0.15, 0.2) is 0 Å². The van der Waals surface area contributed by atoms with Crippen LogP contribution >= 0.6 is 0 Å². The molecule has 3 heteroatoms. The third-order valence-electron chi connectivity index (χ3n) is 7.89. The van der Waals surface area contributed by atoms with E-state index < -0.39 is 5.97 Å². The highest BCUT2D eigenvalue weighted by molar-refractivity contribution is 5.90. The highest BCUT2D eigenvalue weighted by Crippen LogP contribution is 2.60. The largest absolute Gasteiger partial charge is 0.478 e. The van der Waals surface area contributed by atoms with Crippen LogP contribution in [0.25, 0.3) is 28.2 Å². The third kappa shape index (κ3) is 2.99. The van der Waals surface area contributed by atoms with Crippen LogP contribution in [0.15, 0.2) is 54.6 Å². The summed E-state index contributed by atoms with van der Waals surface area (Å²) in [4.78, 5) is 14.4. The molecule has 0 unspecified atom stereocenters. The van der Waals surface area contributed by atoms with Crippen molar-refractivity contribution < 1.29 is 9.90 Å². The van der Waals surface area contributed by atoms with Crippen molar-refractivity contribution in [3.63, 3.8) is 0 Å². The quantitative estimate of drug-likeness (QED) is 0.500. The molecule has 3 nitrogen and oxygen atoms in total. The summed E-state index contributed by atoms with van der Waals surface area (Å²) < 4.78 is 0. The van der Waals surface area contributed by atoms with Crippen molar-refractivity contribution in [2.45, 2.75) is 43.9 Å². The van der Waals surface area contributed by atoms with Crippen molar-refractivity contribution in [3.05, 3.63) is 65.7 Å². The summed E-state index contributed by atoms with van der Waals surface area (Å²) in [7, 11) is 0. The number of hydrogen-bond acceptors (Lipinski definition) is 1. The van der Waals surface area contributed by atoms with Crippen molar-refractivity contribution in [2.75, 3.05) is 0 Å². The van der Waals surface area contributed by atoms with Crippen LogP contribution in [0.4, 0.5) is 0 Å². The summed E-state index contributed by atoms with van der Waals surface area (Å²) in [5, 5.41) is 9.97. The average Bonchev–Trinajstić information content (AvgIpc) is 3.15. The van der Waals surface area contributed by atoms with E-state index in [1.54, 1.807) is 11.6 Å². The lowest BCUT2D eigenvalue weighted by Crippen LogP contribution is -2.48. The van der Waals surface area contributed by atoms with Gasteiger partial charge in [0.2, 0.25) is 0 Å². The molecule has 0 radical (unpaired) electrons. The third-order valence-corrected chi connectivity index (χ3v) is 7.89. The number of H-pyrrole nitrogens is 1. The van der Waals surface area contributed by atoms with E-state index in [2.05, 4.69) is 35.3 Å². The number of carbonyl (C=O) groups is 1. The van der Waals surface area contributed by atoms with Gasteiger partial charge in [0, 0.05) is 22.7 Å².